The van der Waals surface area contributed by atoms with Crippen LogP contribution in [0.2, 0.25) is 0 Å². The highest BCUT2D eigenvalue weighted by Crippen LogP contribution is 2.20. The summed E-state index contributed by atoms with van der Waals surface area (Å²) >= 11 is 0. The summed E-state index contributed by atoms with van der Waals surface area (Å²) in [5, 5.41) is 3.52. The van der Waals surface area contributed by atoms with Gasteiger partial charge in [0, 0.05) is 40.3 Å². The van der Waals surface area contributed by atoms with Gasteiger partial charge in [0.15, 0.2) is 5.96 Å². The van der Waals surface area contributed by atoms with Gasteiger partial charge in [-0.1, -0.05) is 36.8 Å². The minimum atomic E-state index is 0.0384. The second kappa shape index (κ2) is 11.2. The van der Waals surface area contributed by atoms with E-state index in [1.54, 1.807) is 19.0 Å². The molecule has 1 atom stereocenters. The van der Waals surface area contributed by atoms with E-state index in [2.05, 4.69) is 44.4 Å². The summed E-state index contributed by atoms with van der Waals surface area (Å²) in [6.07, 6.45) is 6.23. The molecule has 0 radical (unpaired) electrons. The number of amides is 1. The number of likely N-dealkylation sites (N-methyl/N-ethyl adjacent to an activating group) is 1. The average Bonchev–Trinajstić information content (AvgIpc) is 3.20. The summed E-state index contributed by atoms with van der Waals surface area (Å²) in [5.41, 5.74) is 1.31. The molecule has 1 amide bonds. The molecule has 29 heavy (non-hydrogen) atoms. The van der Waals surface area contributed by atoms with Crippen LogP contribution < -0.4 is 5.32 Å². The van der Waals surface area contributed by atoms with E-state index in [9.17, 15) is 4.79 Å². The molecule has 2 aliphatic heterocycles. The monoisotopic (exact) mass is 399 g/mol. The van der Waals surface area contributed by atoms with Gasteiger partial charge in [0.2, 0.25) is 5.91 Å². The first-order valence-electron chi connectivity index (χ1n) is 11.1. The summed E-state index contributed by atoms with van der Waals surface area (Å²) in [4.78, 5) is 23.3. The Hall–Kier alpha value is -2.08. The molecule has 1 unspecified atom stereocenters. The predicted octanol–water partition coefficient (Wildman–Crippen LogP) is 2.07. The molecule has 3 rings (SSSR count). The van der Waals surface area contributed by atoms with Gasteiger partial charge in [-0.3, -0.25) is 4.79 Å². The molecule has 1 N–H and O–H groups in total. The first-order chi connectivity index (χ1) is 14.1. The van der Waals surface area contributed by atoms with Crippen molar-refractivity contribution in [2.45, 2.75) is 32.1 Å². The van der Waals surface area contributed by atoms with Gasteiger partial charge >= 0.3 is 0 Å². The van der Waals surface area contributed by atoms with E-state index in [0.717, 1.165) is 32.0 Å². The molecule has 1 aromatic rings. The smallest absolute Gasteiger partial charge is 0.243 e. The predicted molar refractivity (Wildman–Crippen MR) is 119 cm³/mol. The molecule has 0 spiro atoms. The van der Waals surface area contributed by atoms with Gasteiger partial charge in [-0.15, -0.1) is 0 Å². The minimum Gasteiger partial charge on any atom is -0.356 e. The molecule has 0 aromatic heterocycles. The number of hydrogen-bond acceptors (Lipinski definition) is 3. The van der Waals surface area contributed by atoms with Crippen molar-refractivity contribution < 1.29 is 4.79 Å². The molecule has 1 aromatic carbocycles. The molecule has 2 saturated heterocycles. The quantitative estimate of drug-likeness (QED) is 0.563. The largest absolute Gasteiger partial charge is 0.356 e. The molecule has 0 saturated carbocycles. The van der Waals surface area contributed by atoms with Crippen LogP contribution in [0.15, 0.2) is 35.3 Å². The highest BCUT2D eigenvalue weighted by atomic mass is 16.2. The molecule has 0 aliphatic carbocycles. The second-order valence-corrected chi connectivity index (χ2v) is 8.55. The number of benzene rings is 1. The van der Waals surface area contributed by atoms with E-state index in [1.165, 1.54) is 50.9 Å². The van der Waals surface area contributed by atoms with Gasteiger partial charge in [0.25, 0.3) is 0 Å². The fraction of sp³-hybridized carbons (Fsp3) is 0.652. The molecule has 0 bridgehead atoms. The van der Waals surface area contributed by atoms with Crippen molar-refractivity contribution in [3.8, 4) is 0 Å². The van der Waals surface area contributed by atoms with Gasteiger partial charge in [0.1, 0.15) is 6.54 Å². The van der Waals surface area contributed by atoms with Crippen LogP contribution in [-0.2, 0) is 11.2 Å². The van der Waals surface area contributed by atoms with Crippen LogP contribution in [0.1, 0.15) is 31.2 Å². The molecule has 2 heterocycles. The van der Waals surface area contributed by atoms with Crippen molar-refractivity contribution in [2.24, 2.45) is 10.9 Å². The van der Waals surface area contributed by atoms with Crippen molar-refractivity contribution in [3.63, 3.8) is 0 Å². The van der Waals surface area contributed by atoms with Crippen molar-refractivity contribution >= 4 is 11.9 Å². The molecule has 2 aliphatic rings. The summed E-state index contributed by atoms with van der Waals surface area (Å²) in [5.74, 6) is 1.62. The third kappa shape index (κ3) is 7.03. The van der Waals surface area contributed by atoms with E-state index >= 15 is 0 Å². The van der Waals surface area contributed by atoms with E-state index < -0.39 is 0 Å². The van der Waals surface area contributed by atoms with E-state index in [-0.39, 0.29) is 12.5 Å². The Morgan fingerprint density at radius 1 is 1.14 bits per heavy atom. The second-order valence-electron chi connectivity index (χ2n) is 8.55. The molecule has 2 fully saturated rings. The standard InChI is InChI=1S/C23H37N5O/c1-26(2)22(29)17-25-23(24-13-11-20-9-5-3-6-10-20)28-16-12-21(19-28)18-27-14-7-4-8-15-27/h3,5-6,9-10,21H,4,7-8,11-19H2,1-2H3,(H,24,25). The Balaban J connectivity index is 1.55. The van der Waals surface area contributed by atoms with Gasteiger partial charge in [0.05, 0.1) is 0 Å². The number of nitrogens with one attached hydrogen (secondary N) is 1. The maximum Gasteiger partial charge on any atom is 0.243 e. The first-order valence-corrected chi connectivity index (χ1v) is 11.1. The highest BCUT2D eigenvalue weighted by molar-refractivity contribution is 5.85. The van der Waals surface area contributed by atoms with Crippen molar-refractivity contribution in [1.82, 2.24) is 20.0 Å². The number of carbonyl (C=O) groups excluding carboxylic acids is 1. The zero-order valence-electron chi connectivity index (χ0n) is 18.1. The van der Waals surface area contributed by atoms with E-state index in [1.807, 2.05) is 6.07 Å². The maximum absolute atomic E-state index is 12.1. The van der Waals surface area contributed by atoms with Crippen LogP contribution in [0.5, 0.6) is 0 Å². The lowest BCUT2D eigenvalue weighted by atomic mass is 10.1. The Morgan fingerprint density at radius 2 is 1.90 bits per heavy atom. The summed E-state index contributed by atoms with van der Waals surface area (Å²) in [7, 11) is 3.57. The number of guanidine groups is 1. The fourth-order valence-corrected chi connectivity index (χ4v) is 4.20. The topological polar surface area (TPSA) is 51.2 Å². The Morgan fingerprint density at radius 3 is 2.62 bits per heavy atom. The van der Waals surface area contributed by atoms with Gasteiger partial charge in [-0.25, -0.2) is 4.99 Å². The Labute approximate surface area is 176 Å². The first kappa shape index (κ1) is 21.6. The van der Waals surface area contributed by atoms with Crippen LogP contribution in [0.25, 0.3) is 0 Å². The third-order valence-corrected chi connectivity index (χ3v) is 5.95. The third-order valence-electron chi connectivity index (χ3n) is 5.95. The number of piperidine rings is 1. The van der Waals surface area contributed by atoms with Crippen LogP contribution in [-0.4, -0.2) is 86.5 Å². The Kier molecular flexibility index (Phi) is 8.35. The molecular weight excluding hydrogens is 362 g/mol. The van der Waals surface area contributed by atoms with E-state index in [0.29, 0.717) is 5.92 Å². The minimum absolute atomic E-state index is 0.0384. The van der Waals surface area contributed by atoms with Crippen molar-refractivity contribution in [1.29, 1.82) is 0 Å². The lowest BCUT2D eigenvalue weighted by molar-refractivity contribution is -0.127. The molecule has 6 heteroatoms. The SMILES string of the molecule is CN(C)C(=O)CN=C(NCCc1ccccc1)N1CCC(CN2CCCCC2)C1. The zero-order valence-corrected chi connectivity index (χ0v) is 18.1. The fourth-order valence-electron chi connectivity index (χ4n) is 4.20. The number of rotatable bonds is 7. The molecular formula is C23H37N5O. The van der Waals surface area contributed by atoms with Gasteiger partial charge in [-0.05, 0) is 50.3 Å². The lowest BCUT2D eigenvalue weighted by Gasteiger charge is -2.29. The average molecular weight is 400 g/mol. The number of hydrogen-bond donors (Lipinski definition) is 1. The number of nitrogens with zero attached hydrogens (tertiary/aromatic N) is 4. The lowest BCUT2D eigenvalue weighted by Crippen LogP contribution is -2.42. The van der Waals surface area contributed by atoms with Crippen molar-refractivity contribution in [3.05, 3.63) is 35.9 Å². The number of aliphatic imine (C=N–C) groups is 1. The maximum atomic E-state index is 12.1. The molecule has 160 valence electrons. The number of carbonyl (C=O) groups is 1. The van der Waals surface area contributed by atoms with Crippen molar-refractivity contribution in [2.75, 3.05) is 59.9 Å². The van der Waals surface area contributed by atoms with Crippen LogP contribution >= 0.6 is 0 Å². The summed E-state index contributed by atoms with van der Waals surface area (Å²) in [6.45, 7) is 6.79. The van der Waals surface area contributed by atoms with Gasteiger partial charge < -0.3 is 20.0 Å². The highest BCUT2D eigenvalue weighted by Gasteiger charge is 2.27. The summed E-state index contributed by atoms with van der Waals surface area (Å²) < 4.78 is 0. The van der Waals surface area contributed by atoms with Gasteiger partial charge in [-0.2, -0.15) is 0 Å². The Bertz CT molecular complexity index is 654. The van der Waals surface area contributed by atoms with Crippen LogP contribution in [0.3, 0.4) is 0 Å². The van der Waals surface area contributed by atoms with E-state index in [4.69, 9.17) is 0 Å². The van der Waals surface area contributed by atoms with Crippen LogP contribution in [0.4, 0.5) is 0 Å². The summed E-state index contributed by atoms with van der Waals surface area (Å²) in [6, 6.07) is 10.5. The van der Waals surface area contributed by atoms with Crippen LogP contribution in [0, 0.1) is 5.92 Å². The number of likely N-dealkylation sites (tertiary alicyclic amines) is 2. The zero-order chi connectivity index (χ0) is 20.5. The molecule has 6 nitrogen and oxygen atoms in total. The normalized spacial score (nSPS) is 20.7.